The molecular weight excluding hydrogens is 434 g/mol. The number of nitrogens with zero attached hydrogens (tertiary/aromatic N) is 4. The molecule has 162 valence electrons. The summed E-state index contributed by atoms with van der Waals surface area (Å²) in [5, 5.41) is 9.08. The number of carbonyl (C=O) groups is 2. The average molecular weight is 458 g/mol. The standard InChI is InChI=1S/C21H23N5O3S2/c1-14(26-18(22-23-21(26)30)17-4-3-13-31-17)19(27)24-9-11-25(12-10-24)20(28)15-5-7-16(29-2)8-6-15/h3-8,13-14H,9-12H2,1-2H3,(H,23,30). The maximum Gasteiger partial charge on any atom is 0.253 e. The van der Waals surface area contributed by atoms with E-state index < -0.39 is 6.04 Å². The second-order valence-electron chi connectivity index (χ2n) is 7.22. The Morgan fingerprint density at radius 2 is 1.81 bits per heavy atom. The fourth-order valence-corrected chi connectivity index (χ4v) is 4.66. The Kier molecular flexibility index (Phi) is 6.19. The number of ether oxygens (including phenoxy) is 1. The highest BCUT2D eigenvalue weighted by Gasteiger charge is 2.30. The highest BCUT2D eigenvalue weighted by molar-refractivity contribution is 7.71. The molecule has 1 aromatic carbocycles. The number of H-pyrrole nitrogens is 1. The number of methoxy groups -OCH3 is 1. The predicted molar refractivity (Wildman–Crippen MR) is 121 cm³/mol. The zero-order chi connectivity index (χ0) is 22.0. The van der Waals surface area contributed by atoms with Crippen LogP contribution >= 0.6 is 23.6 Å². The Balaban J connectivity index is 1.42. The number of nitrogens with one attached hydrogen (secondary N) is 1. The summed E-state index contributed by atoms with van der Waals surface area (Å²) in [5.41, 5.74) is 0.610. The van der Waals surface area contributed by atoms with Crippen LogP contribution in [-0.4, -0.2) is 69.7 Å². The van der Waals surface area contributed by atoms with Crippen LogP contribution < -0.4 is 4.74 Å². The second-order valence-corrected chi connectivity index (χ2v) is 8.56. The van der Waals surface area contributed by atoms with E-state index in [9.17, 15) is 9.59 Å². The van der Waals surface area contributed by atoms with E-state index in [0.717, 1.165) is 4.88 Å². The SMILES string of the molecule is COc1ccc(C(=O)N2CCN(C(=O)C(C)n3c(-c4cccs4)n[nH]c3=S)CC2)cc1. The lowest BCUT2D eigenvalue weighted by atomic mass is 10.1. The normalized spacial score (nSPS) is 15.0. The van der Waals surface area contributed by atoms with E-state index in [1.165, 1.54) is 0 Å². The van der Waals surface area contributed by atoms with Crippen LogP contribution in [0.15, 0.2) is 41.8 Å². The van der Waals surface area contributed by atoms with Gasteiger partial charge in [0.15, 0.2) is 10.6 Å². The van der Waals surface area contributed by atoms with Gasteiger partial charge in [-0.05, 0) is 54.9 Å². The number of thiophene rings is 1. The van der Waals surface area contributed by atoms with Crippen molar-refractivity contribution in [1.82, 2.24) is 24.6 Å². The number of hydrogen-bond donors (Lipinski definition) is 1. The van der Waals surface area contributed by atoms with Crippen LogP contribution in [0.1, 0.15) is 23.3 Å². The molecule has 1 unspecified atom stereocenters. The minimum atomic E-state index is -0.493. The Morgan fingerprint density at radius 3 is 2.42 bits per heavy atom. The van der Waals surface area contributed by atoms with Crippen molar-refractivity contribution in [1.29, 1.82) is 0 Å². The van der Waals surface area contributed by atoms with Crippen LogP contribution in [0.25, 0.3) is 10.7 Å². The number of aromatic nitrogens is 3. The number of benzene rings is 1. The van der Waals surface area contributed by atoms with Gasteiger partial charge < -0.3 is 14.5 Å². The molecule has 1 atom stereocenters. The van der Waals surface area contributed by atoms with Gasteiger partial charge in [-0.3, -0.25) is 19.3 Å². The molecule has 0 aliphatic carbocycles. The summed E-state index contributed by atoms with van der Waals surface area (Å²) in [4.78, 5) is 30.5. The monoisotopic (exact) mass is 457 g/mol. The molecule has 1 aliphatic heterocycles. The molecular formula is C21H23N5O3S2. The lowest BCUT2D eigenvalue weighted by molar-refractivity contribution is -0.135. The quantitative estimate of drug-likeness (QED) is 0.595. The summed E-state index contributed by atoms with van der Waals surface area (Å²) in [6.45, 7) is 3.75. The average Bonchev–Trinajstić information content (AvgIpc) is 3.47. The van der Waals surface area contributed by atoms with Crippen molar-refractivity contribution in [2.45, 2.75) is 13.0 Å². The van der Waals surface area contributed by atoms with Gasteiger partial charge in [0, 0.05) is 31.7 Å². The Labute approximate surface area is 189 Å². The summed E-state index contributed by atoms with van der Waals surface area (Å²) in [7, 11) is 1.59. The summed E-state index contributed by atoms with van der Waals surface area (Å²) >= 11 is 6.93. The first-order valence-corrected chi connectivity index (χ1v) is 11.2. The van der Waals surface area contributed by atoms with Gasteiger partial charge in [-0.15, -0.1) is 11.3 Å². The van der Waals surface area contributed by atoms with Crippen LogP contribution in [0.4, 0.5) is 0 Å². The molecule has 0 spiro atoms. The van der Waals surface area contributed by atoms with Crippen molar-refractivity contribution in [3.8, 4) is 16.5 Å². The Bertz CT molecular complexity index is 1110. The van der Waals surface area contributed by atoms with E-state index in [0.29, 0.717) is 48.1 Å². The number of hydrogen-bond acceptors (Lipinski definition) is 6. The Morgan fingerprint density at radius 1 is 1.13 bits per heavy atom. The van der Waals surface area contributed by atoms with Gasteiger partial charge in [-0.1, -0.05) is 6.07 Å². The number of amides is 2. The van der Waals surface area contributed by atoms with Gasteiger partial charge in [0.2, 0.25) is 5.91 Å². The zero-order valence-electron chi connectivity index (χ0n) is 17.3. The second kappa shape index (κ2) is 9.03. The van der Waals surface area contributed by atoms with Crippen molar-refractivity contribution < 1.29 is 14.3 Å². The third kappa shape index (κ3) is 4.26. The number of piperazine rings is 1. The summed E-state index contributed by atoms with van der Waals surface area (Å²) in [6.07, 6.45) is 0. The first-order valence-electron chi connectivity index (χ1n) is 9.92. The van der Waals surface area contributed by atoms with E-state index in [1.54, 1.807) is 57.1 Å². The molecule has 8 nitrogen and oxygen atoms in total. The lowest BCUT2D eigenvalue weighted by Crippen LogP contribution is -2.52. The molecule has 2 amide bonds. The molecule has 0 radical (unpaired) electrons. The van der Waals surface area contributed by atoms with E-state index >= 15 is 0 Å². The molecule has 1 saturated heterocycles. The van der Waals surface area contributed by atoms with Gasteiger partial charge in [-0.25, -0.2) is 0 Å². The van der Waals surface area contributed by atoms with E-state index in [-0.39, 0.29) is 11.8 Å². The largest absolute Gasteiger partial charge is 0.497 e. The molecule has 0 saturated carbocycles. The van der Waals surface area contributed by atoms with Crippen LogP contribution in [0, 0.1) is 4.77 Å². The molecule has 1 aliphatic rings. The zero-order valence-corrected chi connectivity index (χ0v) is 18.9. The highest BCUT2D eigenvalue weighted by atomic mass is 32.1. The predicted octanol–water partition coefficient (Wildman–Crippen LogP) is 3.22. The molecule has 0 bridgehead atoms. The number of aromatic amines is 1. The number of carbonyl (C=O) groups excluding carboxylic acids is 2. The smallest absolute Gasteiger partial charge is 0.253 e. The van der Waals surface area contributed by atoms with Crippen molar-refractivity contribution in [2.75, 3.05) is 33.3 Å². The van der Waals surface area contributed by atoms with Crippen molar-refractivity contribution >= 4 is 35.4 Å². The van der Waals surface area contributed by atoms with Crippen LogP contribution in [0.3, 0.4) is 0 Å². The van der Waals surface area contributed by atoms with E-state index in [2.05, 4.69) is 10.2 Å². The Hall–Kier alpha value is -2.98. The summed E-state index contributed by atoms with van der Waals surface area (Å²) in [5.74, 6) is 1.29. The third-order valence-corrected chi connectivity index (χ3v) is 6.56. The number of rotatable bonds is 5. The van der Waals surface area contributed by atoms with E-state index in [4.69, 9.17) is 17.0 Å². The maximum absolute atomic E-state index is 13.2. The van der Waals surface area contributed by atoms with Crippen LogP contribution in [0.2, 0.25) is 0 Å². The first kappa shape index (κ1) is 21.3. The minimum absolute atomic E-state index is 0.0353. The fraction of sp³-hybridized carbons (Fsp3) is 0.333. The molecule has 1 N–H and O–H groups in total. The van der Waals surface area contributed by atoms with Gasteiger partial charge in [-0.2, -0.15) is 5.10 Å². The van der Waals surface area contributed by atoms with Gasteiger partial charge in [0.1, 0.15) is 11.8 Å². The molecule has 1 fully saturated rings. The van der Waals surface area contributed by atoms with Gasteiger partial charge in [0.25, 0.3) is 5.91 Å². The van der Waals surface area contributed by atoms with Crippen LogP contribution in [0.5, 0.6) is 5.75 Å². The molecule has 2 aromatic heterocycles. The fourth-order valence-electron chi connectivity index (χ4n) is 3.66. The van der Waals surface area contributed by atoms with Gasteiger partial charge >= 0.3 is 0 Å². The lowest BCUT2D eigenvalue weighted by Gasteiger charge is -2.36. The third-order valence-electron chi connectivity index (χ3n) is 5.41. The summed E-state index contributed by atoms with van der Waals surface area (Å²) < 4.78 is 7.32. The molecule has 31 heavy (non-hydrogen) atoms. The molecule has 3 heterocycles. The van der Waals surface area contributed by atoms with Crippen molar-refractivity contribution in [3.63, 3.8) is 0 Å². The molecule has 3 aromatic rings. The summed E-state index contributed by atoms with van der Waals surface area (Å²) in [6, 6.07) is 10.5. The van der Waals surface area contributed by atoms with Crippen molar-refractivity contribution in [2.24, 2.45) is 0 Å². The molecule has 10 heteroatoms. The highest BCUT2D eigenvalue weighted by Crippen LogP contribution is 2.26. The molecule has 4 rings (SSSR count). The van der Waals surface area contributed by atoms with Crippen LogP contribution in [-0.2, 0) is 4.79 Å². The first-order chi connectivity index (χ1) is 15.0. The minimum Gasteiger partial charge on any atom is -0.497 e. The van der Waals surface area contributed by atoms with Crippen molar-refractivity contribution in [3.05, 3.63) is 52.1 Å². The van der Waals surface area contributed by atoms with E-state index in [1.807, 2.05) is 24.4 Å². The van der Waals surface area contributed by atoms with Gasteiger partial charge in [0.05, 0.1) is 12.0 Å². The topological polar surface area (TPSA) is 83.5 Å². The maximum atomic E-state index is 13.2.